The van der Waals surface area contributed by atoms with Crippen molar-refractivity contribution in [2.45, 2.75) is 64.0 Å². The zero-order valence-electron chi connectivity index (χ0n) is 8.18. The van der Waals surface area contributed by atoms with E-state index in [-0.39, 0.29) is 0 Å². The summed E-state index contributed by atoms with van der Waals surface area (Å²) in [5, 5.41) is 3.83. The van der Waals surface area contributed by atoms with Gasteiger partial charge in [-0.05, 0) is 38.0 Å². The fraction of sp³-hybridized carbons (Fsp3) is 1.00. The predicted octanol–water partition coefficient (Wildman–Crippen LogP) is 2.71. The second-order valence-electron chi connectivity index (χ2n) is 4.50. The number of rotatable bonds is 4. The molecule has 1 atom stereocenters. The Labute approximate surface area is 75.9 Å². The van der Waals surface area contributed by atoms with E-state index in [0.717, 1.165) is 18.0 Å². The Hall–Kier alpha value is -0.0400. The molecule has 2 aliphatic rings. The molecule has 2 rings (SSSR count). The molecule has 0 aromatic heterocycles. The van der Waals surface area contributed by atoms with Crippen molar-refractivity contribution >= 4 is 0 Å². The van der Waals surface area contributed by atoms with Crippen LogP contribution >= 0.6 is 0 Å². The molecule has 0 bridgehead atoms. The fourth-order valence-electron chi connectivity index (χ4n) is 2.48. The molecule has 12 heavy (non-hydrogen) atoms. The molecule has 0 spiro atoms. The lowest BCUT2D eigenvalue weighted by Crippen LogP contribution is -2.37. The third-order valence-corrected chi connectivity index (χ3v) is 3.44. The molecule has 0 aromatic rings. The van der Waals surface area contributed by atoms with Gasteiger partial charge in [-0.2, -0.15) is 0 Å². The molecule has 2 fully saturated rings. The van der Waals surface area contributed by atoms with Gasteiger partial charge in [0.25, 0.3) is 0 Å². The Morgan fingerprint density at radius 1 is 1.17 bits per heavy atom. The Morgan fingerprint density at radius 2 is 1.83 bits per heavy atom. The average molecular weight is 167 g/mol. The highest BCUT2D eigenvalue weighted by Crippen LogP contribution is 2.35. The van der Waals surface area contributed by atoms with E-state index in [9.17, 15) is 0 Å². The van der Waals surface area contributed by atoms with Gasteiger partial charge < -0.3 is 5.32 Å². The largest absolute Gasteiger partial charge is 0.311 e. The van der Waals surface area contributed by atoms with Gasteiger partial charge in [-0.15, -0.1) is 0 Å². The van der Waals surface area contributed by atoms with E-state index in [4.69, 9.17) is 0 Å². The molecule has 2 saturated carbocycles. The van der Waals surface area contributed by atoms with Crippen molar-refractivity contribution < 1.29 is 0 Å². The monoisotopic (exact) mass is 167 g/mol. The summed E-state index contributed by atoms with van der Waals surface area (Å²) in [5.74, 6) is 1.04. The summed E-state index contributed by atoms with van der Waals surface area (Å²) in [7, 11) is 0. The van der Waals surface area contributed by atoms with Crippen LogP contribution in [-0.4, -0.2) is 12.1 Å². The van der Waals surface area contributed by atoms with E-state index < -0.39 is 0 Å². The first-order chi connectivity index (χ1) is 5.90. The molecule has 1 unspecified atom stereocenters. The Balaban J connectivity index is 1.74. The minimum Gasteiger partial charge on any atom is -0.311 e. The molecule has 0 saturated heterocycles. The van der Waals surface area contributed by atoms with Crippen molar-refractivity contribution in [2.75, 3.05) is 0 Å². The maximum absolute atomic E-state index is 3.83. The lowest BCUT2D eigenvalue weighted by Gasteiger charge is -2.21. The highest BCUT2D eigenvalue weighted by Gasteiger charge is 2.31. The molecule has 70 valence electrons. The Morgan fingerprint density at radius 3 is 2.33 bits per heavy atom. The molecule has 0 radical (unpaired) electrons. The van der Waals surface area contributed by atoms with Crippen LogP contribution in [0.1, 0.15) is 51.9 Å². The lowest BCUT2D eigenvalue weighted by molar-refractivity contribution is 0.387. The molecule has 0 heterocycles. The molecule has 0 aromatic carbocycles. The standard InChI is InChI=1S/C11H21N/c1-2-11(9-7-8-9)12-10-5-3-4-6-10/h9-12H,2-8H2,1H3. The second-order valence-corrected chi connectivity index (χ2v) is 4.50. The van der Waals surface area contributed by atoms with Gasteiger partial charge in [-0.25, -0.2) is 0 Å². The number of nitrogens with one attached hydrogen (secondary N) is 1. The van der Waals surface area contributed by atoms with E-state index in [2.05, 4.69) is 12.2 Å². The van der Waals surface area contributed by atoms with E-state index in [0.29, 0.717) is 0 Å². The first-order valence-electron chi connectivity index (χ1n) is 5.66. The number of hydrogen-bond donors (Lipinski definition) is 1. The SMILES string of the molecule is CCC(NC1CCCC1)C1CC1. The third kappa shape index (κ3) is 2.01. The normalized spacial score (nSPS) is 27.8. The zero-order chi connectivity index (χ0) is 8.39. The summed E-state index contributed by atoms with van der Waals surface area (Å²) in [5.41, 5.74) is 0. The van der Waals surface area contributed by atoms with Crippen LogP contribution < -0.4 is 5.32 Å². The molecule has 2 aliphatic carbocycles. The molecular formula is C11H21N. The third-order valence-electron chi connectivity index (χ3n) is 3.44. The highest BCUT2D eigenvalue weighted by molar-refractivity contribution is 4.88. The van der Waals surface area contributed by atoms with Gasteiger partial charge in [0.15, 0.2) is 0 Å². The van der Waals surface area contributed by atoms with Gasteiger partial charge >= 0.3 is 0 Å². The number of hydrogen-bond acceptors (Lipinski definition) is 1. The van der Waals surface area contributed by atoms with Crippen LogP contribution in [0.3, 0.4) is 0 Å². The second kappa shape index (κ2) is 3.78. The predicted molar refractivity (Wildman–Crippen MR) is 52.2 cm³/mol. The van der Waals surface area contributed by atoms with Crippen molar-refractivity contribution in [2.24, 2.45) is 5.92 Å². The van der Waals surface area contributed by atoms with Crippen molar-refractivity contribution in [1.29, 1.82) is 0 Å². The van der Waals surface area contributed by atoms with E-state index >= 15 is 0 Å². The van der Waals surface area contributed by atoms with Gasteiger partial charge in [0.2, 0.25) is 0 Å². The maximum atomic E-state index is 3.83. The molecule has 0 amide bonds. The molecule has 0 aliphatic heterocycles. The van der Waals surface area contributed by atoms with Gasteiger partial charge in [0.05, 0.1) is 0 Å². The first-order valence-corrected chi connectivity index (χ1v) is 5.66. The van der Waals surface area contributed by atoms with E-state index in [1.165, 1.54) is 44.9 Å². The fourth-order valence-corrected chi connectivity index (χ4v) is 2.48. The summed E-state index contributed by atoms with van der Waals surface area (Å²) in [4.78, 5) is 0. The molecule has 1 N–H and O–H groups in total. The van der Waals surface area contributed by atoms with Gasteiger partial charge in [-0.1, -0.05) is 19.8 Å². The highest BCUT2D eigenvalue weighted by atomic mass is 15.0. The van der Waals surface area contributed by atoms with Crippen LogP contribution in [0.5, 0.6) is 0 Å². The summed E-state index contributed by atoms with van der Waals surface area (Å²) in [6, 6.07) is 1.73. The molecule has 1 nitrogen and oxygen atoms in total. The summed E-state index contributed by atoms with van der Waals surface area (Å²) in [6.07, 6.45) is 10.1. The van der Waals surface area contributed by atoms with Crippen molar-refractivity contribution in [3.05, 3.63) is 0 Å². The van der Waals surface area contributed by atoms with Crippen molar-refractivity contribution in [3.8, 4) is 0 Å². The average Bonchev–Trinajstić information content (AvgIpc) is 2.80. The molecule has 1 heteroatoms. The quantitative estimate of drug-likeness (QED) is 0.679. The van der Waals surface area contributed by atoms with Crippen LogP contribution in [0.25, 0.3) is 0 Å². The lowest BCUT2D eigenvalue weighted by atomic mass is 10.1. The van der Waals surface area contributed by atoms with E-state index in [1.807, 2.05) is 0 Å². The van der Waals surface area contributed by atoms with Crippen LogP contribution in [0.4, 0.5) is 0 Å². The smallest absolute Gasteiger partial charge is 0.00952 e. The van der Waals surface area contributed by atoms with Crippen LogP contribution in [0.15, 0.2) is 0 Å². The molecular weight excluding hydrogens is 146 g/mol. The van der Waals surface area contributed by atoms with Gasteiger partial charge in [0, 0.05) is 12.1 Å². The summed E-state index contributed by atoms with van der Waals surface area (Å²) >= 11 is 0. The minimum absolute atomic E-state index is 0.855. The van der Waals surface area contributed by atoms with Crippen molar-refractivity contribution in [3.63, 3.8) is 0 Å². The Bertz CT molecular complexity index is 134. The van der Waals surface area contributed by atoms with Crippen LogP contribution in [0.2, 0.25) is 0 Å². The zero-order valence-corrected chi connectivity index (χ0v) is 8.18. The minimum atomic E-state index is 0.855. The van der Waals surface area contributed by atoms with Crippen LogP contribution in [0, 0.1) is 5.92 Å². The van der Waals surface area contributed by atoms with Gasteiger partial charge in [-0.3, -0.25) is 0 Å². The summed E-state index contributed by atoms with van der Waals surface area (Å²) < 4.78 is 0. The topological polar surface area (TPSA) is 12.0 Å². The Kier molecular flexibility index (Phi) is 2.69. The van der Waals surface area contributed by atoms with Crippen LogP contribution in [-0.2, 0) is 0 Å². The van der Waals surface area contributed by atoms with E-state index in [1.54, 1.807) is 0 Å². The van der Waals surface area contributed by atoms with Gasteiger partial charge in [0.1, 0.15) is 0 Å². The maximum Gasteiger partial charge on any atom is 0.00952 e. The van der Waals surface area contributed by atoms with Crippen molar-refractivity contribution in [1.82, 2.24) is 5.32 Å². The summed E-state index contributed by atoms with van der Waals surface area (Å²) in [6.45, 7) is 2.32. The first kappa shape index (κ1) is 8.55.